The number of nitrogens with zero attached hydrogens (tertiary/aromatic N) is 1. The molecule has 14 heteroatoms. The van der Waals surface area contributed by atoms with Gasteiger partial charge in [0.15, 0.2) is 0 Å². The summed E-state index contributed by atoms with van der Waals surface area (Å²) >= 11 is 0. The molecule has 1 rings (SSSR count). The molecule has 0 unspecified atom stereocenters. The molecule has 1 heterocycles. The zero-order chi connectivity index (χ0) is 20.0. The Bertz CT molecular complexity index is 682. The molecule has 0 radical (unpaired) electrons. The fraction of sp³-hybridized carbons (Fsp3) is 0.273. The minimum Gasteiger partial charge on any atom is -0.465 e. The van der Waals surface area contributed by atoms with E-state index in [0.29, 0.717) is 4.73 Å². The fourth-order valence-corrected chi connectivity index (χ4v) is 0.914. The third kappa shape index (κ3) is 7.36. The van der Waals surface area contributed by atoms with E-state index in [4.69, 9.17) is 5.21 Å². The Kier molecular flexibility index (Phi) is 7.16. The Morgan fingerprint density at radius 1 is 1.00 bits per heavy atom. The monoisotopic (exact) mass is 379 g/mol. The van der Waals surface area contributed by atoms with Gasteiger partial charge < -0.3 is 14.7 Å². The average molecular weight is 379 g/mol. The highest BCUT2D eigenvalue weighted by Gasteiger charge is 2.49. The highest BCUT2D eigenvalue weighted by atomic mass is 19.4. The highest BCUT2D eigenvalue weighted by Crippen LogP contribution is 2.21. The number of rotatable bonds is 1. The molecular formula is C11H7F6NO7. The number of ether oxygens (including phenoxy) is 2. The van der Waals surface area contributed by atoms with E-state index in [9.17, 15) is 45.5 Å². The molecule has 0 aliphatic rings. The molecule has 0 bridgehead atoms. The van der Waals surface area contributed by atoms with Gasteiger partial charge in [-0.05, 0) is 6.07 Å². The number of carbonyl (C=O) groups excluding carboxylic acids is 3. The first-order valence-corrected chi connectivity index (χ1v) is 5.60. The van der Waals surface area contributed by atoms with Crippen LogP contribution in [-0.2, 0) is 19.1 Å². The quantitative estimate of drug-likeness (QED) is 0.336. The van der Waals surface area contributed by atoms with Crippen molar-refractivity contribution in [2.75, 3.05) is 7.11 Å². The molecule has 1 aromatic heterocycles. The zero-order valence-electron chi connectivity index (χ0n) is 11.8. The standard InChI is InChI=1S/C7H7NO4.C4F6O3/c1-12-7(10)5-2-3-6(9)8(11)4-5;5-3(6,7)1(11)13-2(12)4(8,9)10/h2-4,11H,1H3;. The van der Waals surface area contributed by atoms with E-state index in [1.54, 1.807) is 0 Å². The number of esters is 3. The van der Waals surface area contributed by atoms with Gasteiger partial charge in [-0.15, -0.1) is 0 Å². The maximum Gasteiger partial charge on any atom is 0.491 e. The van der Waals surface area contributed by atoms with Crippen molar-refractivity contribution in [3.05, 3.63) is 34.2 Å². The van der Waals surface area contributed by atoms with Crippen LogP contribution in [0.1, 0.15) is 10.4 Å². The molecule has 0 atom stereocenters. The highest BCUT2D eigenvalue weighted by molar-refractivity contribution is 5.91. The van der Waals surface area contributed by atoms with E-state index in [2.05, 4.69) is 9.47 Å². The summed E-state index contributed by atoms with van der Waals surface area (Å²) < 4.78 is 74.4. The number of methoxy groups -OCH3 is 1. The van der Waals surface area contributed by atoms with Gasteiger partial charge in [-0.25, -0.2) is 14.4 Å². The van der Waals surface area contributed by atoms with Gasteiger partial charge in [0.25, 0.3) is 5.56 Å². The number of pyridine rings is 1. The van der Waals surface area contributed by atoms with E-state index >= 15 is 0 Å². The molecule has 0 aromatic carbocycles. The second-order valence-electron chi connectivity index (χ2n) is 3.76. The van der Waals surface area contributed by atoms with Crippen molar-refractivity contribution in [1.29, 1.82) is 0 Å². The topological polar surface area (TPSA) is 112 Å². The van der Waals surface area contributed by atoms with E-state index in [1.165, 1.54) is 13.2 Å². The lowest BCUT2D eigenvalue weighted by atomic mass is 10.3. The molecule has 0 fully saturated rings. The maximum atomic E-state index is 11.2. The Morgan fingerprint density at radius 3 is 1.76 bits per heavy atom. The van der Waals surface area contributed by atoms with Crippen molar-refractivity contribution < 1.29 is 55.4 Å². The number of halogens is 6. The molecule has 0 aliphatic heterocycles. The van der Waals surface area contributed by atoms with Gasteiger partial charge in [0.1, 0.15) is 0 Å². The Hall–Kier alpha value is -3.06. The molecule has 1 N–H and O–H groups in total. The van der Waals surface area contributed by atoms with Crippen LogP contribution in [0.3, 0.4) is 0 Å². The smallest absolute Gasteiger partial charge is 0.465 e. The summed E-state index contributed by atoms with van der Waals surface area (Å²) in [6.07, 6.45) is -10.3. The largest absolute Gasteiger partial charge is 0.491 e. The van der Waals surface area contributed by atoms with Gasteiger partial charge in [-0.3, -0.25) is 4.79 Å². The fourth-order valence-electron chi connectivity index (χ4n) is 0.914. The molecular weight excluding hydrogens is 372 g/mol. The molecule has 0 saturated heterocycles. The van der Waals surface area contributed by atoms with E-state index < -0.39 is 35.8 Å². The summed E-state index contributed by atoms with van der Waals surface area (Å²) in [6, 6.07) is 2.35. The normalized spacial score (nSPS) is 11.0. The molecule has 8 nitrogen and oxygen atoms in total. The predicted molar refractivity (Wildman–Crippen MR) is 62.4 cm³/mol. The molecule has 0 saturated carbocycles. The zero-order valence-corrected chi connectivity index (χ0v) is 11.8. The Morgan fingerprint density at radius 2 is 1.44 bits per heavy atom. The summed E-state index contributed by atoms with van der Waals surface area (Å²) in [5.74, 6) is -7.00. The van der Waals surface area contributed by atoms with Gasteiger partial charge >= 0.3 is 30.3 Å². The molecule has 140 valence electrons. The van der Waals surface area contributed by atoms with Crippen LogP contribution in [0.2, 0.25) is 0 Å². The SMILES string of the molecule is COC(=O)c1ccc(=O)n(O)c1.O=C(OC(=O)C(F)(F)F)C(F)(F)F. The number of alkyl halides is 6. The molecule has 1 aromatic rings. The van der Waals surface area contributed by atoms with Crippen LogP contribution >= 0.6 is 0 Å². The van der Waals surface area contributed by atoms with Crippen molar-refractivity contribution >= 4 is 17.9 Å². The minimum atomic E-state index is -5.62. The van der Waals surface area contributed by atoms with Crippen molar-refractivity contribution in [2.24, 2.45) is 0 Å². The van der Waals surface area contributed by atoms with E-state index in [0.717, 1.165) is 12.3 Å². The van der Waals surface area contributed by atoms with Crippen LogP contribution in [0, 0.1) is 0 Å². The second-order valence-corrected chi connectivity index (χ2v) is 3.76. The summed E-state index contributed by atoms with van der Waals surface area (Å²) in [5.41, 5.74) is -0.470. The van der Waals surface area contributed by atoms with Gasteiger partial charge in [0.2, 0.25) is 0 Å². The van der Waals surface area contributed by atoms with Crippen molar-refractivity contribution in [3.8, 4) is 0 Å². The van der Waals surface area contributed by atoms with Crippen molar-refractivity contribution in [3.63, 3.8) is 0 Å². The number of aromatic nitrogens is 1. The summed E-state index contributed by atoms with van der Waals surface area (Å²) in [6.45, 7) is 0. The summed E-state index contributed by atoms with van der Waals surface area (Å²) in [5, 5.41) is 8.84. The first-order chi connectivity index (χ1) is 11.2. The van der Waals surface area contributed by atoms with E-state index in [1.807, 2.05) is 0 Å². The van der Waals surface area contributed by atoms with Crippen LogP contribution in [-0.4, -0.2) is 47.3 Å². The molecule has 0 aliphatic carbocycles. The predicted octanol–water partition coefficient (Wildman–Crippen LogP) is 1.05. The summed E-state index contributed by atoms with van der Waals surface area (Å²) in [7, 11) is 1.22. The number of carbonyl (C=O) groups is 3. The summed E-state index contributed by atoms with van der Waals surface area (Å²) in [4.78, 5) is 40.8. The lowest BCUT2D eigenvalue weighted by Gasteiger charge is -2.06. The van der Waals surface area contributed by atoms with Crippen LogP contribution < -0.4 is 5.56 Å². The third-order valence-electron chi connectivity index (χ3n) is 1.96. The average Bonchev–Trinajstić information content (AvgIpc) is 2.47. The van der Waals surface area contributed by atoms with Crippen LogP contribution in [0.25, 0.3) is 0 Å². The molecule has 0 amide bonds. The van der Waals surface area contributed by atoms with Crippen LogP contribution in [0.5, 0.6) is 0 Å². The Labute approximate surface area is 133 Å². The van der Waals surface area contributed by atoms with Gasteiger partial charge in [-0.1, -0.05) is 0 Å². The van der Waals surface area contributed by atoms with Crippen LogP contribution in [0.15, 0.2) is 23.1 Å². The lowest BCUT2D eigenvalue weighted by Crippen LogP contribution is -2.34. The number of hydrogen-bond donors (Lipinski definition) is 1. The van der Waals surface area contributed by atoms with Crippen LogP contribution in [0.4, 0.5) is 26.3 Å². The molecule has 25 heavy (non-hydrogen) atoms. The minimum absolute atomic E-state index is 0.125. The van der Waals surface area contributed by atoms with E-state index in [-0.39, 0.29) is 5.56 Å². The number of hydrogen-bond acceptors (Lipinski definition) is 7. The maximum absolute atomic E-state index is 11.2. The third-order valence-corrected chi connectivity index (χ3v) is 1.96. The van der Waals surface area contributed by atoms with Gasteiger partial charge in [-0.2, -0.15) is 31.1 Å². The first kappa shape index (κ1) is 21.9. The Balaban J connectivity index is 0.000000462. The first-order valence-electron chi connectivity index (χ1n) is 5.60. The van der Waals surface area contributed by atoms with Crippen molar-refractivity contribution in [2.45, 2.75) is 12.4 Å². The molecule has 0 spiro atoms. The van der Waals surface area contributed by atoms with Gasteiger partial charge in [0.05, 0.1) is 18.9 Å². The second kappa shape index (κ2) is 8.16. The lowest BCUT2D eigenvalue weighted by molar-refractivity contribution is -0.221. The van der Waals surface area contributed by atoms with Crippen molar-refractivity contribution in [1.82, 2.24) is 4.73 Å². The van der Waals surface area contributed by atoms with Gasteiger partial charge in [0, 0.05) is 6.07 Å².